The summed E-state index contributed by atoms with van der Waals surface area (Å²) in [5.41, 5.74) is 1.72. The molecule has 0 fully saturated rings. The summed E-state index contributed by atoms with van der Waals surface area (Å²) in [4.78, 5) is 15.6. The van der Waals surface area contributed by atoms with E-state index in [0.717, 1.165) is 20.8 Å². The van der Waals surface area contributed by atoms with Crippen LogP contribution in [0.2, 0.25) is 5.02 Å². The molecule has 4 aromatic rings. The number of carboxylic acids is 1. The predicted octanol–water partition coefficient (Wildman–Crippen LogP) is 5.57. The highest BCUT2D eigenvalue weighted by Gasteiger charge is 2.14. The molecule has 0 saturated carbocycles. The largest absolute Gasteiger partial charge is 0.478 e. The van der Waals surface area contributed by atoms with Crippen molar-refractivity contribution in [3.63, 3.8) is 0 Å². The lowest BCUT2D eigenvalue weighted by atomic mass is 10.1. The van der Waals surface area contributed by atoms with Gasteiger partial charge in [-0.25, -0.2) is 9.78 Å². The topological polar surface area (TPSA) is 63.3 Å². The zero-order chi connectivity index (χ0) is 16.7. The first-order chi connectivity index (χ1) is 11.6. The van der Waals surface area contributed by atoms with E-state index >= 15 is 0 Å². The molecule has 0 aliphatic carbocycles. The first kappa shape index (κ1) is 14.9. The monoisotopic (exact) mass is 355 g/mol. The lowest BCUT2D eigenvalue weighted by Gasteiger charge is -2.01. The fraction of sp³-hybridized carbons (Fsp3) is 0. The Morgan fingerprint density at radius 2 is 1.88 bits per heavy atom. The molecular weight excluding hydrogens is 346 g/mol. The van der Waals surface area contributed by atoms with Gasteiger partial charge < -0.3 is 9.52 Å². The molecule has 2 aromatic heterocycles. The molecule has 4 rings (SSSR count). The maximum Gasteiger partial charge on any atom is 0.337 e. The highest BCUT2D eigenvalue weighted by molar-refractivity contribution is 7.21. The van der Waals surface area contributed by atoms with Crippen LogP contribution in [0.1, 0.15) is 10.4 Å². The van der Waals surface area contributed by atoms with Crippen LogP contribution in [-0.4, -0.2) is 16.1 Å². The molecule has 0 unspecified atom stereocenters. The molecule has 0 bridgehead atoms. The number of para-hydroxylation sites is 1. The number of carboxylic acid groups (broad SMARTS) is 1. The summed E-state index contributed by atoms with van der Waals surface area (Å²) in [6.45, 7) is 0. The zero-order valence-corrected chi connectivity index (χ0v) is 13.8. The number of benzene rings is 2. The van der Waals surface area contributed by atoms with Gasteiger partial charge in [-0.1, -0.05) is 29.8 Å². The highest BCUT2D eigenvalue weighted by atomic mass is 35.5. The number of aromatic carboxylic acids is 1. The van der Waals surface area contributed by atoms with Gasteiger partial charge in [0.05, 0.1) is 20.8 Å². The molecular formula is C18H10ClNO3S. The van der Waals surface area contributed by atoms with Crippen molar-refractivity contribution in [1.82, 2.24) is 4.98 Å². The number of hydrogen-bond acceptors (Lipinski definition) is 4. The molecule has 0 saturated heterocycles. The van der Waals surface area contributed by atoms with Gasteiger partial charge >= 0.3 is 5.97 Å². The Balaban J connectivity index is 1.72. The van der Waals surface area contributed by atoms with Gasteiger partial charge in [0.1, 0.15) is 5.76 Å². The molecule has 4 nitrogen and oxygen atoms in total. The predicted molar refractivity (Wildman–Crippen MR) is 94.7 cm³/mol. The Bertz CT molecular complexity index is 1030. The highest BCUT2D eigenvalue weighted by Crippen LogP contribution is 2.34. The third-order valence-corrected chi connectivity index (χ3v) is 4.96. The SMILES string of the molecule is O=C(O)c1ccc(-c2ccc(-c3nc4ccccc4s3)o2)cc1Cl. The van der Waals surface area contributed by atoms with Gasteiger partial charge in [-0.3, -0.25) is 0 Å². The van der Waals surface area contributed by atoms with Crippen LogP contribution >= 0.6 is 22.9 Å². The van der Waals surface area contributed by atoms with E-state index in [-0.39, 0.29) is 10.6 Å². The number of rotatable bonds is 3. The van der Waals surface area contributed by atoms with E-state index in [1.165, 1.54) is 6.07 Å². The Kier molecular flexibility index (Phi) is 3.59. The van der Waals surface area contributed by atoms with Gasteiger partial charge in [0.2, 0.25) is 0 Å². The first-order valence-corrected chi connectivity index (χ1v) is 8.30. The van der Waals surface area contributed by atoms with E-state index in [2.05, 4.69) is 4.98 Å². The van der Waals surface area contributed by atoms with Crippen molar-refractivity contribution >= 4 is 39.1 Å². The quantitative estimate of drug-likeness (QED) is 0.521. The molecule has 2 aromatic carbocycles. The van der Waals surface area contributed by atoms with E-state index < -0.39 is 5.97 Å². The molecule has 118 valence electrons. The van der Waals surface area contributed by atoms with Crippen LogP contribution in [0.5, 0.6) is 0 Å². The molecule has 0 atom stereocenters. The number of carbonyl (C=O) groups is 1. The first-order valence-electron chi connectivity index (χ1n) is 7.11. The molecule has 24 heavy (non-hydrogen) atoms. The summed E-state index contributed by atoms with van der Waals surface area (Å²) in [6, 6.07) is 16.3. The second-order valence-electron chi connectivity index (χ2n) is 5.15. The average molecular weight is 356 g/mol. The van der Waals surface area contributed by atoms with Gasteiger partial charge in [0, 0.05) is 5.56 Å². The van der Waals surface area contributed by atoms with Crippen LogP contribution in [0.25, 0.3) is 32.3 Å². The van der Waals surface area contributed by atoms with Crippen molar-refractivity contribution in [3.8, 4) is 22.1 Å². The number of aromatic nitrogens is 1. The standard InChI is InChI=1S/C18H10ClNO3S/c19-12-9-10(5-6-11(12)18(21)22)14-7-8-15(23-14)17-20-13-3-1-2-4-16(13)24-17/h1-9H,(H,21,22). The minimum Gasteiger partial charge on any atom is -0.478 e. The number of hydrogen-bond donors (Lipinski definition) is 1. The van der Waals surface area contributed by atoms with Gasteiger partial charge in [0.15, 0.2) is 10.8 Å². The van der Waals surface area contributed by atoms with E-state index in [9.17, 15) is 4.79 Å². The van der Waals surface area contributed by atoms with E-state index in [1.807, 2.05) is 36.4 Å². The van der Waals surface area contributed by atoms with Crippen molar-refractivity contribution < 1.29 is 14.3 Å². The van der Waals surface area contributed by atoms with Crippen LogP contribution < -0.4 is 0 Å². The lowest BCUT2D eigenvalue weighted by Crippen LogP contribution is -1.96. The molecule has 0 spiro atoms. The number of furan rings is 1. The van der Waals surface area contributed by atoms with Crippen molar-refractivity contribution in [2.75, 3.05) is 0 Å². The number of thiazole rings is 1. The van der Waals surface area contributed by atoms with E-state index in [1.54, 1.807) is 23.5 Å². The minimum atomic E-state index is -1.05. The maximum absolute atomic E-state index is 11.0. The number of nitrogens with zero attached hydrogens (tertiary/aromatic N) is 1. The van der Waals surface area contributed by atoms with Crippen molar-refractivity contribution in [1.29, 1.82) is 0 Å². The smallest absolute Gasteiger partial charge is 0.337 e. The van der Waals surface area contributed by atoms with Crippen molar-refractivity contribution in [2.45, 2.75) is 0 Å². The second kappa shape index (κ2) is 5.78. The summed E-state index contributed by atoms with van der Waals surface area (Å²) in [6.07, 6.45) is 0. The second-order valence-corrected chi connectivity index (χ2v) is 6.59. The van der Waals surface area contributed by atoms with E-state index in [4.69, 9.17) is 21.1 Å². The van der Waals surface area contributed by atoms with Gasteiger partial charge in [-0.15, -0.1) is 11.3 Å². The maximum atomic E-state index is 11.0. The van der Waals surface area contributed by atoms with Crippen LogP contribution in [0.4, 0.5) is 0 Å². The lowest BCUT2D eigenvalue weighted by molar-refractivity contribution is 0.0697. The van der Waals surface area contributed by atoms with E-state index in [0.29, 0.717) is 11.5 Å². The number of halogens is 1. The van der Waals surface area contributed by atoms with Crippen molar-refractivity contribution in [2.24, 2.45) is 0 Å². The van der Waals surface area contributed by atoms with Crippen LogP contribution in [0.15, 0.2) is 59.0 Å². The Morgan fingerprint density at radius 1 is 1.08 bits per heavy atom. The van der Waals surface area contributed by atoms with Crippen LogP contribution in [0.3, 0.4) is 0 Å². The third kappa shape index (κ3) is 2.58. The van der Waals surface area contributed by atoms with Gasteiger partial charge in [-0.2, -0.15) is 0 Å². The molecule has 0 aliphatic rings. The van der Waals surface area contributed by atoms with Gasteiger partial charge in [-0.05, 0) is 36.4 Å². The summed E-state index contributed by atoms with van der Waals surface area (Å²) in [5, 5.41) is 10.0. The molecule has 6 heteroatoms. The summed E-state index contributed by atoms with van der Waals surface area (Å²) >= 11 is 7.58. The molecule has 0 amide bonds. The minimum absolute atomic E-state index is 0.0679. The van der Waals surface area contributed by atoms with Crippen molar-refractivity contribution in [3.05, 3.63) is 65.2 Å². The Hall–Kier alpha value is -2.63. The third-order valence-electron chi connectivity index (χ3n) is 3.59. The molecule has 2 heterocycles. The summed E-state index contributed by atoms with van der Waals surface area (Å²) < 4.78 is 6.98. The van der Waals surface area contributed by atoms with Crippen LogP contribution in [0, 0.1) is 0 Å². The van der Waals surface area contributed by atoms with Gasteiger partial charge in [0.25, 0.3) is 0 Å². The normalized spacial score (nSPS) is 11.0. The summed E-state index contributed by atoms with van der Waals surface area (Å²) in [7, 11) is 0. The number of fused-ring (bicyclic) bond motifs is 1. The Morgan fingerprint density at radius 3 is 2.62 bits per heavy atom. The van der Waals surface area contributed by atoms with Crippen LogP contribution in [-0.2, 0) is 0 Å². The zero-order valence-electron chi connectivity index (χ0n) is 12.2. The fourth-order valence-corrected chi connectivity index (χ4v) is 3.62. The molecule has 1 N–H and O–H groups in total. The summed E-state index contributed by atoms with van der Waals surface area (Å²) in [5.74, 6) is 0.230. The Labute approximate surface area is 146 Å². The fourth-order valence-electron chi connectivity index (χ4n) is 2.43. The molecule has 0 aliphatic heterocycles. The average Bonchev–Trinajstić information content (AvgIpc) is 3.21. The molecule has 0 radical (unpaired) electrons.